The molecule has 7 nitrogen and oxygen atoms in total. The number of alkyl halides is 1. The maximum atomic E-state index is 14.6. The summed E-state index contributed by atoms with van der Waals surface area (Å²) >= 11 is 0. The van der Waals surface area contributed by atoms with Crippen molar-refractivity contribution in [2.45, 2.75) is 37.4 Å². The monoisotopic (exact) mass is 292 g/mol. The Kier molecular flexibility index (Phi) is 2.32. The summed E-state index contributed by atoms with van der Waals surface area (Å²) in [5.41, 5.74) is -1.96. The van der Waals surface area contributed by atoms with E-state index in [1.807, 2.05) is 0 Å². The van der Waals surface area contributed by atoms with Gasteiger partial charge in [-0.05, 0) is 6.92 Å². The van der Waals surface area contributed by atoms with Gasteiger partial charge in [-0.3, -0.25) is 4.79 Å². The van der Waals surface area contributed by atoms with Crippen molar-refractivity contribution in [2.75, 3.05) is 6.61 Å². The molecular weight excluding hydrogens is 279 g/mol. The Hall–Kier alpha value is -2.25. The SMILES string of the molecule is CCOC(=O)C12CC(F)(Cn3c(-c4ccon4)nnc31)C2. The molecule has 2 aliphatic heterocycles. The molecular formula is C13H13FN4O3. The van der Waals surface area contributed by atoms with Crippen LogP contribution in [0.25, 0.3) is 11.5 Å². The Morgan fingerprint density at radius 3 is 3.00 bits per heavy atom. The Bertz CT molecular complexity index is 703. The summed E-state index contributed by atoms with van der Waals surface area (Å²) in [5.74, 6) is 0.436. The van der Waals surface area contributed by atoms with Crippen LogP contribution in [0.15, 0.2) is 16.9 Å². The fourth-order valence-corrected chi connectivity index (χ4v) is 3.41. The largest absolute Gasteiger partial charge is 0.465 e. The van der Waals surface area contributed by atoms with Crippen LogP contribution in [0.1, 0.15) is 25.6 Å². The normalized spacial score (nSPS) is 29.6. The highest BCUT2D eigenvalue weighted by Crippen LogP contribution is 2.57. The molecule has 0 aromatic carbocycles. The van der Waals surface area contributed by atoms with Gasteiger partial charge in [0.15, 0.2) is 17.3 Å². The molecule has 0 spiro atoms. The zero-order valence-corrected chi connectivity index (χ0v) is 11.4. The molecule has 21 heavy (non-hydrogen) atoms. The topological polar surface area (TPSA) is 83.0 Å². The van der Waals surface area contributed by atoms with Crippen molar-refractivity contribution in [3.05, 3.63) is 18.2 Å². The van der Waals surface area contributed by atoms with Gasteiger partial charge in [0.05, 0.1) is 13.2 Å². The number of halogens is 1. The van der Waals surface area contributed by atoms with Gasteiger partial charge in [-0.2, -0.15) is 0 Å². The number of esters is 1. The van der Waals surface area contributed by atoms with Crippen molar-refractivity contribution >= 4 is 5.97 Å². The maximum Gasteiger partial charge on any atom is 0.320 e. The van der Waals surface area contributed by atoms with Crippen LogP contribution in [0.3, 0.4) is 0 Å². The Morgan fingerprint density at radius 2 is 2.33 bits per heavy atom. The van der Waals surface area contributed by atoms with E-state index in [-0.39, 0.29) is 26.0 Å². The lowest BCUT2D eigenvalue weighted by Crippen LogP contribution is -2.63. The number of nitrogens with zero attached hydrogens (tertiary/aromatic N) is 4. The fraction of sp³-hybridized carbons (Fsp3) is 0.538. The number of hydrogen-bond donors (Lipinski definition) is 0. The minimum Gasteiger partial charge on any atom is -0.465 e. The quantitative estimate of drug-likeness (QED) is 0.792. The number of hydrogen-bond acceptors (Lipinski definition) is 6. The molecule has 1 saturated carbocycles. The third-order valence-electron chi connectivity index (χ3n) is 4.19. The third kappa shape index (κ3) is 1.52. The first-order valence-corrected chi connectivity index (χ1v) is 6.79. The molecule has 3 aliphatic rings. The molecule has 0 radical (unpaired) electrons. The van der Waals surface area contributed by atoms with Crippen molar-refractivity contribution in [1.29, 1.82) is 0 Å². The van der Waals surface area contributed by atoms with E-state index in [4.69, 9.17) is 9.26 Å². The molecule has 0 N–H and O–H groups in total. The number of carbonyl (C=O) groups is 1. The molecule has 4 heterocycles. The first-order valence-electron chi connectivity index (χ1n) is 6.79. The molecule has 0 amide bonds. The van der Waals surface area contributed by atoms with E-state index < -0.39 is 17.1 Å². The van der Waals surface area contributed by atoms with E-state index >= 15 is 0 Å². The molecule has 2 bridgehead atoms. The molecule has 2 aromatic rings. The van der Waals surface area contributed by atoms with E-state index in [0.29, 0.717) is 17.3 Å². The van der Waals surface area contributed by atoms with E-state index in [0.717, 1.165) is 0 Å². The highest BCUT2D eigenvalue weighted by atomic mass is 19.1. The summed E-state index contributed by atoms with van der Waals surface area (Å²) in [7, 11) is 0. The highest BCUT2D eigenvalue weighted by Gasteiger charge is 2.67. The van der Waals surface area contributed by atoms with Crippen LogP contribution >= 0.6 is 0 Å². The van der Waals surface area contributed by atoms with Crippen molar-refractivity contribution in [2.24, 2.45) is 0 Å². The smallest absolute Gasteiger partial charge is 0.320 e. The zero-order valence-electron chi connectivity index (χ0n) is 11.4. The van der Waals surface area contributed by atoms with E-state index in [1.54, 1.807) is 17.6 Å². The second-order valence-electron chi connectivity index (χ2n) is 5.63. The average Bonchev–Trinajstić information content (AvgIpc) is 3.04. The predicted molar refractivity (Wildman–Crippen MR) is 66.9 cm³/mol. The molecule has 8 heteroatoms. The van der Waals surface area contributed by atoms with Crippen LogP contribution in [0.4, 0.5) is 4.39 Å². The Morgan fingerprint density at radius 1 is 1.52 bits per heavy atom. The van der Waals surface area contributed by atoms with Crippen molar-refractivity contribution in [1.82, 2.24) is 19.9 Å². The predicted octanol–water partition coefficient (Wildman–Crippen LogP) is 1.25. The minimum absolute atomic E-state index is 0.107. The number of aromatic nitrogens is 4. The van der Waals surface area contributed by atoms with Crippen LogP contribution in [0.2, 0.25) is 0 Å². The molecule has 0 unspecified atom stereocenters. The molecule has 1 fully saturated rings. The van der Waals surface area contributed by atoms with Gasteiger partial charge in [-0.15, -0.1) is 10.2 Å². The van der Waals surface area contributed by atoms with Gasteiger partial charge in [0.25, 0.3) is 0 Å². The van der Waals surface area contributed by atoms with E-state index in [9.17, 15) is 9.18 Å². The molecule has 0 atom stereocenters. The molecule has 0 saturated heterocycles. The highest BCUT2D eigenvalue weighted by molar-refractivity contribution is 5.85. The third-order valence-corrected chi connectivity index (χ3v) is 4.19. The van der Waals surface area contributed by atoms with Gasteiger partial charge in [0.1, 0.15) is 17.3 Å². The summed E-state index contributed by atoms with van der Waals surface area (Å²) in [4.78, 5) is 12.3. The second-order valence-corrected chi connectivity index (χ2v) is 5.63. The zero-order chi connectivity index (χ0) is 14.7. The van der Waals surface area contributed by atoms with Crippen LogP contribution < -0.4 is 0 Å². The summed E-state index contributed by atoms with van der Waals surface area (Å²) in [6.45, 7) is 2.10. The first-order chi connectivity index (χ1) is 10.1. The standard InChI is InChI=1S/C13H13FN4O3/c1-2-20-11(19)13-5-12(14,6-13)7-18-9(15-16-10(13)18)8-3-4-21-17-8/h3-4H,2,5-7H2,1H3. The van der Waals surface area contributed by atoms with E-state index in [2.05, 4.69) is 15.4 Å². The van der Waals surface area contributed by atoms with Crippen LogP contribution in [-0.4, -0.2) is 38.2 Å². The molecule has 5 rings (SSSR count). The minimum atomic E-state index is -1.42. The Balaban J connectivity index is 1.82. The van der Waals surface area contributed by atoms with Crippen molar-refractivity contribution in [3.8, 4) is 11.5 Å². The van der Waals surface area contributed by atoms with E-state index in [1.165, 1.54) is 6.26 Å². The number of ether oxygens (including phenoxy) is 1. The lowest BCUT2D eigenvalue weighted by molar-refractivity contribution is -0.168. The summed E-state index contributed by atoms with van der Waals surface area (Å²) in [6.07, 6.45) is 1.62. The number of carbonyl (C=O) groups excluding carboxylic acids is 1. The molecule has 2 aromatic heterocycles. The second kappa shape index (κ2) is 3.90. The van der Waals surface area contributed by atoms with Crippen molar-refractivity contribution < 1.29 is 18.4 Å². The lowest BCUT2D eigenvalue weighted by atomic mass is 9.57. The van der Waals surface area contributed by atoms with Crippen LogP contribution in [0.5, 0.6) is 0 Å². The van der Waals surface area contributed by atoms with Gasteiger partial charge >= 0.3 is 5.97 Å². The molecule has 1 aliphatic carbocycles. The van der Waals surface area contributed by atoms with Crippen LogP contribution in [-0.2, 0) is 21.5 Å². The summed E-state index contributed by atoms with van der Waals surface area (Å²) < 4.78 is 26.1. The molecule has 110 valence electrons. The summed E-state index contributed by atoms with van der Waals surface area (Å²) in [5, 5.41) is 12.0. The number of rotatable bonds is 3. The van der Waals surface area contributed by atoms with Gasteiger partial charge in [-0.25, -0.2) is 4.39 Å². The van der Waals surface area contributed by atoms with Gasteiger partial charge < -0.3 is 13.8 Å². The van der Waals surface area contributed by atoms with Crippen molar-refractivity contribution in [3.63, 3.8) is 0 Å². The van der Waals surface area contributed by atoms with Gasteiger partial charge in [0, 0.05) is 18.9 Å². The Labute approximate surface area is 119 Å². The lowest BCUT2D eigenvalue weighted by Gasteiger charge is -2.52. The average molecular weight is 292 g/mol. The van der Waals surface area contributed by atoms with Gasteiger partial charge in [-0.1, -0.05) is 5.16 Å². The summed E-state index contributed by atoms with van der Waals surface area (Å²) in [6, 6.07) is 1.62. The van der Waals surface area contributed by atoms with Crippen LogP contribution in [0, 0.1) is 0 Å². The van der Waals surface area contributed by atoms with Gasteiger partial charge in [0.2, 0.25) is 0 Å². The fourth-order valence-electron chi connectivity index (χ4n) is 3.41. The first kappa shape index (κ1) is 12.5. The maximum absolute atomic E-state index is 14.6.